The first kappa shape index (κ1) is 26.6. The van der Waals surface area contributed by atoms with Gasteiger partial charge in [-0.3, -0.25) is 0 Å². The quantitative estimate of drug-likeness (QED) is 0.184. The Labute approximate surface area is 280 Å². The van der Waals surface area contributed by atoms with E-state index in [9.17, 15) is 0 Å². The second kappa shape index (κ2) is 9.32. The molecule has 0 amide bonds. The molecule has 0 saturated heterocycles. The summed E-state index contributed by atoms with van der Waals surface area (Å²) in [6.07, 6.45) is 0. The van der Waals surface area contributed by atoms with Crippen LogP contribution in [0.4, 0.5) is 34.1 Å². The van der Waals surface area contributed by atoms with Gasteiger partial charge in [-0.15, -0.1) is 11.3 Å². The smallest absolute Gasteiger partial charge is 0.264 e. The Morgan fingerprint density at radius 2 is 1.33 bits per heavy atom. The van der Waals surface area contributed by atoms with Crippen LogP contribution in [0.15, 0.2) is 72.8 Å². The number of fused-ring (bicyclic) bond motifs is 9. The molecule has 0 N–H and O–H groups in total. The van der Waals surface area contributed by atoms with Crippen LogP contribution in [0.3, 0.4) is 0 Å². The highest BCUT2D eigenvalue weighted by Gasteiger charge is 2.47. The van der Waals surface area contributed by atoms with E-state index in [0.29, 0.717) is 0 Å². The molecule has 0 saturated carbocycles. The molecule has 5 aromatic carbocycles. The number of nitrogens with zero attached hydrogens (tertiary/aromatic N) is 2. The van der Waals surface area contributed by atoms with Crippen molar-refractivity contribution >= 4 is 78.0 Å². The van der Waals surface area contributed by atoms with E-state index in [4.69, 9.17) is 28.4 Å². The topological polar surface area (TPSA) is 61.9 Å². The van der Waals surface area contributed by atoms with Crippen molar-refractivity contribution in [3.63, 3.8) is 0 Å². The summed E-state index contributed by atoms with van der Waals surface area (Å²) < 4.78 is 38.0. The third-order valence-electron chi connectivity index (χ3n) is 10.1. The Kier molecular flexibility index (Phi) is 5.16. The summed E-state index contributed by atoms with van der Waals surface area (Å²) in [5.41, 5.74) is 12.4. The van der Waals surface area contributed by atoms with Gasteiger partial charge in [0.25, 0.3) is 6.71 Å². The number of thiophene rings is 1. The predicted molar refractivity (Wildman–Crippen MR) is 188 cm³/mol. The van der Waals surface area contributed by atoms with Gasteiger partial charge in [-0.05, 0) is 85.3 Å². The minimum atomic E-state index is -0.0383. The number of hydrogen-bond donors (Lipinski definition) is 0. The highest BCUT2D eigenvalue weighted by atomic mass is 32.1. The summed E-state index contributed by atoms with van der Waals surface area (Å²) in [5, 5.41) is 1.23. The average Bonchev–Trinajstić information content (AvgIpc) is 3.90. The number of hydrogen-bond acceptors (Lipinski definition) is 9. The van der Waals surface area contributed by atoms with Gasteiger partial charge in [-0.2, -0.15) is 0 Å². The first-order valence-corrected chi connectivity index (χ1v) is 16.8. The zero-order chi connectivity index (χ0) is 31.8. The SMILES string of the molecule is Cc1cc2c3c(c1)N(c1c(C)cc4c(c1C)OCO4)c1c(sc4ccccc14)B3c1cc3c(cc1N2c1ccc2c(c1)OCO2)OCO3. The maximum Gasteiger partial charge on any atom is 0.264 e. The minimum absolute atomic E-state index is 0.0383. The second-order valence-electron chi connectivity index (χ2n) is 12.8. The van der Waals surface area contributed by atoms with Gasteiger partial charge in [-0.1, -0.05) is 18.2 Å². The molecule has 0 unspecified atom stereocenters. The molecule has 0 radical (unpaired) electrons. The van der Waals surface area contributed by atoms with Crippen molar-refractivity contribution in [1.29, 1.82) is 0 Å². The fourth-order valence-electron chi connectivity index (χ4n) is 8.19. The molecule has 5 aliphatic rings. The summed E-state index contributed by atoms with van der Waals surface area (Å²) in [7, 11) is 0. The van der Waals surface area contributed by atoms with Crippen LogP contribution in [0.5, 0.6) is 34.5 Å². The van der Waals surface area contributed by atoms with Crippen LogP contribution in [-0.4, -0.2) is 27.1 Å². The van der Waals surface area contributed by atoms with Crippen molar-refractivity contribution in [3.05, 3.63) is 89.5 Å². The van der Waals surface area contributed by atoms with E-state index in [2.05, 4.69) is 97.3 Å². The maximum atomic E-state index is 6.06. The molecular formula is C38H27BN2O6S. The van der Waals surface area contributed by atoms with Gasteiger partial charge in [0.1, 0.15) is 0 Å². The molecule has 6 aromatic rings. The van der Waals surface area contributed by atoms with Crippen molar-refractivity contribution in [3.8, 4) is 34.5 Å². The first-order valence-electron chi connectivity index (χ1n) is 16.0. The van der Waals surface area contributed by atoms with E-state index in [0.717, 1.165) is 79.6 Å². The Hall–Kier alpha value is -5.48. The Balaban J connectivity index is 1.27. The van der Waals surface area contributed by atoms with Crippen LogP contribution in [0.25, 0.3) is 10.1 Å². The molecule has 48 heavy (non-hydrogen) atoms. The van der Waals surface area contributed by atoms with Gasteiger partial charge in [0.2, 0.25) is 20.4 Å². The first-order chi connectivity index (χ1) is 23.5. The molecular weight excluding hydrogens is 623 g/mol. The highest BCUT2D eigenvalue weighted by molar-refractivity contribution is 7.33. The van der Waals surface area contributed by atoms with E-state index in [1.54, 1.807) is 0 Å². The normalized spacial score (nSPS) is 15.6. The molecule has 1 aromatic heterocycles. The molecule has 234 valence electrons. The van der Waals surface area contributed by atoms with Crippen LogP contribution < -0.4 is 53.9 Å². The third-order valence-corrected chi connectivity index (χ3v) is 11.3. The summed E-state index contributed by atoms with van der Waals surface area (Å²) >= 11 is 1.86. The summed E-state index contributed by atoms with van der Waals surface area (Å²) in [6.45, 7) is 7.10. The fourth-order valence-corrected chi connectivity index (χ4v) is 9.51. The van der Waals surface area contributed by atoms with Gasteiger partial charge >= 0.3 is 0 Å². The molecule has 10 heteroatoms. The van der Waals surface area contributed by atoms with Crippen LogP contribution in [0, 0.1) is 20.8 Å². The number of anilines is 6. The van der Waals surface area contributed by atoms with Gasteiger partial charge < -0.3 is 38.2 Å². The average molecular weight is 651 g/mol. The predicted octanol–water partition coefficient (Wildman–Crippen LogP) is 7.10. The van der Waals surface area contributed by atoms with Crippen LogP contribution in [0.2, 0.25) is 0 Å². The van der Waals surface area contributed by atoms with Gasteiger partial charge in [0, 0.05) is 49.6 Å². The van der Waals surface area contributed by atoms with Gasteiger partial charge in [0.05, 0.1) is 17.1 Å². The van der Waals surface area contributed by atoms with Gasteiger partial charge in [0.15, 0.2) is 34.5 Å². The van der Waals surface area contributed by atoms with E-state index in [1.165, 1.54) is 31.5 Å². The lowest BCUT2D eigenvalue weighted by atomic mass is 9.36. The highest BCUT2D eigenvalue weighted by Crippen LogP contribution is 2.53. The number of rotatable bonds is 2. The van der Waals surface area contributed by atoms with Crippen molar-refractivity contribution in [2.24, 2.45) is 0 Å². The largest absolute Gasteiger partial charge is 0.454 e. The van der Waals surface area contributed by atoms with Crippen molar-refractivity contribution in [2.75, 3.05) is 30.2 Å². The summed E-state index contributed by atoms with van der Waals surface area (Å²) in [6, 6.07) is 26.0. The Morgan fingerprint density at radius 1 is 0.625 bits per heavy atom. The number of ether oxygens (including phenoxy) is 6. The third kappa shape index (κ3) is 3.40. The zero-order valence-electron chi connectivity index (χ0n) is 26.4. The molecule has 8 nitrogen and oxygen atoms in total. The molecule has 0 aliphatic carbocycles. The standard InChI is InChI=1S/C38H27BN2O6S/c1-19-10-26-34-27(11-19)41(35-20(2)12-32-37(21(35)3)47-18-46-32)36-23-6-4-5-7-33(23)48-38(36)39(34)24-14-30-31(45-17-44-30)15-25(24)40(26)22-8-9-28-29(13-22)43-16-42-28/h4-15H,16-18H2,1-3H3. The maximum absolute atomic E-state index is 6.06. The van der Waals surface area contributed by atoms with E-state index in [-0.39, 0.29) is 27.1 Å². The molecule has 11 rings (SSSR count). The fraction of sp³-hybridized carbons (Fsp3) is 0.158. The van der Waals surface area contributed by atoms with Crippen LogP contribution in [-0.2, 0) is 0 Å². The molecule has 0 fully saturated rings. The van der Waals surface area contributed by atoms with E-state index in [1.807, 2.05) is 17.4 Å². The minimum Gasteiger partial charge on any atom is -0.454 e. The lowest BCUT2D eigenvalue weighted by Crippen LogP contribution is -2.60. The number of benzene rings is 5. The molecule has 0 spiro atoms. The van der Waals surface area contributed by atoms with E-state index >= 15 is 0 Å². The summed E-state index contributed by atoms with van der Waals surface area (Å²) in [4.78, 5) is 4.83. The second-order valence-corrected chi connectivity index (χ2v) is 13.9. The van der Waals surface area contributed by atoms with E-state index < -0.39 is 0 Å². The lowest BCUT2D eigenvalue weighted by molar-refractivity contribution is 0.173. The Bertz CT molecular complexity index is 2420. The molecule has 0 atom stereocenters. The van der Waals surface area contributed by atoms with Gasteiger partial charge in [-0.25, -0.2) is 0 Å². The summed E-state index contributed by atoms with van der Waals surface area (Å²) in [5.74, 6) is 4.60. The monoisotopic (exact) mass is 650 g/mol. The lowest BCUT2D eigenvalue weighted by Gasteiger charge is -2.44. The van der Waals surface area contributed by atoms with Crippen LogP contribution in [0.1, 0.15) is 16.7 Å². The van der Waals surface area contributed by atoms with Crippen molar-refractivity contribution in [2.45, 2.75) is 20.8 Å². The van der Waals surface area contributed by atoms with Crippen molar-refractivity contribution < 1.29 is 28.4 Å². The van der Waals surface area contributed by atoms with Crippen LogP contribution >= 0.6 is 11.3 Å². The van der Waals surface area contributed by atoms with Crippen molar-refractivity contribution in [1.82, 2.24) is 0 Å². The molecule has 6 heterocycles. The Morgan fingerprint density at radius 3 is 2.19 bits per heavy atom. The molecule has 0 bridgehead atoms. The zero-order valence-corrected chi connectivity index (χ0v) is 27.2. The number of aryl methyl sites for hydroxylation is 2. The molecule has 5 aliphatic heterocycles.